The summed E-state index contributed by atoms with van der Waals surface area (Å²) in [6.07, 6.45) is 18.1. The quantitative estimate of drug-likeness (QED) is 0.480. The lowest BCUT2D eigenvalue weighted by molar-refractivity contribution is 0.0341. The first kappa shape index (κ1) is 22.9. The Morgan fingerprint density at radius 1 is 1.07 bits per heavy atom. The number of allylic oxidation sites excluding steroid dienone is 4. The number of rotatable bonds is 6. The van der Waals surface area contributed by atoms with Gasteiger partial charge >= 0.3 is 0 Å². The minimum absolute atomic E-state index is 0.181. The zero-order valence-electron chi connectivity index (χ0n) is 19.9. The summed E-state index contributed by atoms with van der Waals surface area (Å²) in [4.78, 5) is 0. The average molecular weight is 399 g/mol. The molecule has 3 fully saturated rings. The van der Waals surface area contributed by atoms with Gasteiger partial charge in [-0.2, -0.15) is 0 Å². The van der Waals surface area contributed by atoms with Crippen LogP contribution in [0.5, 0.6) is 0 Å². The third kappa shape index (κ3) is 4.60. The van der Waals surface area contributed by atoms with E-state index < -0.39 is 0 Å². The van der Waals surface area contributed by atoms with Gasteiger partial charge in [0.05, 0.1) is 6.10 Å². The first-order chi connectivity index (χ1) is 13.7. The van der Waals surface area contributed by atoms with E-state index in [1.165, 1.54) is 62.5 Å². The molecule has 0 amide bonds. The maximum Gasteiger partial charge on any atom is 0.0583 e. The van der Waals surface area contributed by atoms with Crippen LogP contribution in [0.4, 0.5) is 0 Å². The normalized spacial score (nSPS) is 39.3. The van der Waals surface area contributed by atoms with Crippen LogP contribution >= 0.6 is 0 Å². The van der Waals surface area contributed by atoms with Crippen molar-refractivity contribution in [3.63, 3.8) is 0 Å². The predicted octanol–water partition coefficient (Wildman–Crippen LogP) is 8.01. The van der Waals surface area contributed by atoms with Crippen molar-refractivity contribution in [2.75, 3.05) is 0 Å². The fraction of sp³-hybridized carbons (Fsp3) is 0.786. The maximum absolute atomic E-state index is 10.1. The van der Waals surface area contributed by atoms with Gasteiger partial charge in [0.1, 0.15) is 0 Å². The molecule has 3 saturated carbocycles. The lowest BCUT2D eigenvalue weighted by atomic mass is 9.53. The Morgan fingerprint density at radius 2 is 1.83 bits per heavy atom. The molecule has 0 saturated heterocycles. The van der Waals surface area contributed by atoms with E-state index in [-0.39, 0.29) is 6.10 Å². The van der Waals surface area contributed by atoms with Crippen LogP contribution in [0.15, 0.2) is 35.5 Å². The third-order valence-corrected chi connectivity index (χ3v) is 9.19. The highest BCUT2D eigenvalue weighted by atomic mass is 16.3. The molecule has 3 aliphatic carbocycles. The average Bonchev–Trinajstić information content (AvgIpc) is 2.94. The Labute approximate surface area is 180 Å². The van der Waals surface area contributed by atoms with Gasteiger partial charge in [0.2, 0.25) is 0 Å². The second kappa shape index (κ2) is 9.13. The summed E-state index contributed by atoms with van der Waals surface area (Å²) in [5.41, 5.74) is 4.97. The molecule has 3 aliphatic rings. The van der Waals surface area contributed by atoms with Crippen molar-refractivity contribution in [2.45, 2.75) is 111 Å². The summed E-state index contributed by atoms with van der Waals surface area (Å²) in [6.45, 7) is 16.7. The molecule has 0 aliphatic heterocycles. The smallest absolute Gasteiger partial charge is 0.0583 e. The Morgan fingerprint density at radius 3 is 2.55 bits per heavy atom. The fourth-order valence-corrected chi connectivity index (χ4v) is 6.99. The standard InChI is InChI=1S/C28H46O/c1-20(2)9-7-10-22(4)26-16-18-27(5)24(11-8-17-28(26,27)6)14-13-23-19-25(29)15-12-21(23)3/h13-14,20,22,25-26,29H,3,7-12,15-19H2,1-2,4-6H3/b23-13-,24-14+/t22-,25+,26-,27+,28-/m1/s1. The number of aliphatic hydroxyl groups is 1. The first-order valence-corrected chi connectivity index (χ1v) is 12.4. The molecule has 1 nitrogen and oxygen atoms in total. The highest BCUT2D eigenvalue weighted by Gasteiger charge is 2.57. The van der Waals surface area contributed by atoms with E-state index in [2.05, 4.69) is 53.3 Å². The van der Waals surface area contributed by atoms with Gasteiger partial charge in [-0.3, -0.25) is 0 Å². The molecular weight excluding hydrogens is 352 g/mol. The van der Waals surface area contributed by atoms with Gasteiger partial charge in [-0.1, -0.05) is 83.8 Å². The first-order valence-electron chi connectivity index (χ1n) is 12.4. The van der Waals surface area contributed by atoms with E-state index in [1.807, 2.05) is 0 Å². The molecule has 0 spiro atoms. The van der Waals surface area contributed by atoms with Crippen LogP contribution in [-0.4, -0.2) is 11.2 Å². The Hall–Kier alpha value is -0.820. The van der Waals surface area contributed by atoms with Crippen LogP contribution < -0.4 is 0 Å². The lowest BCUT2D eigenvalue weighted by Gasteiger charge is -2.51. The van der Waals surface area contributed by atoms with Gasteiger partial charge < -0.3 is 5.11 Å². The molecule has 164 valence electrons. The van der Waals surface area contributed by atoms with Crippen molar-refractivity contribution < 1.29 is 5.11 Å². The van der Waals surface area contributed by atoms with E-state index in [4.69, 9.17) is 0 Å². The van der Waals surface area contributed by atoms with Gasteiger partial charge in [-0.15, -0.1) is 0 Å². The fourth-order valence-electron chi connectivity index (χ4n) is 6.99. The van der Waals surface area contributed by atoms with Crippen LogP contribution in [0.2, 0.25) is 0 Å². The van der Waals surface area contributed by atoms with E-state index >= 15 is 0 Å². The van der Waals surface area contributed by atoms with Gasteiger partial charge in [0, 0.05) is 0 Å². The molecule has 1 heteroatoms. The molecular formula is C28H46O. The van der Waals surface area contributed by atoms with Crippen LogP contribution in [0.1, 0.15) is 105 Å². The summed E-state index contributed by atoms with van der Waals surface area (Å²) >= 11 is 0. The van der Waals surface area contributed by atoms with Crippen LogP contribution in [-0.2, 0) is 0 Å². The summed E-state index contributed by atoms with van der Waals surface area (Å²) in [7, 11) is 0. The molecule has 0 bridgehead atoms. The molecule has 0 unspecified atom stereocenters. The second-order valence-electron chi connectivity index (χ2n) is 11.4. The summed E-state index contributed by atoms with van der Waals surface area (Å²) in [5.74, 6) is 2.53. The van der Waals surface area contributed by atoms with Gasteiger partial charge in [-0.05, 0) is 85.5 Å². The zero-order chi connectivity index (χ0) is 21.2. The van der Waals surface area contributed by atoms with E-state index in [9.17, 15) is 5.11 Å². The van der Waals surface area contributed by atoms with Crippen molar-refractivity contribution >= 4 is 0 Å². The van der Waals surface area contributed by atoms with Crippen molar-refractivity contribution in [2.24, 2.45) is 28.6 Å². The molecule has 3 rings (SSSR count). The Kier molecular flexibility index (Phi) is 7.19. The number of fused-ring (bicyclic) bond motifs is 1. The highest BCUT2D eigenvalue weighted by Crippen LogP contribution is 2.67. The van der Waals surface area contributed by atoms with Gasteiger partial charge in [-0.25, -0.2) is 0 Å². The zero-order valence-corrected chi connectivity index (χ0v) is 19.9. The van der Waals surface area contributed by atoms with Gasteiger partial charge in [0.25, 0.3) is 0 Å². The molecule has 0 aromatic carbocycles. The SMILES string of the molecule is C=C1CC[C@H](O)C/C1=C/C=C1\CCC[C@]2(C)[C@@H]([C@H](C)CCCC(C)C)CC[C@@]12C. The monoisotopic (exact) mass is 398 g/mol. The summed E-state index contributed by atoms with van der Waals surface area (Å²) in [5, 5.41) is 10.1. The van der Waals surface area contributed by atoms with E-state index in [1.54, 1.807) is 5.57 Å². The van der Waals surface area contributed by atoms with Crippen LogP contribution in [0.3, 0.4) is 0 Å². The minimum Gasteiger partial charge on any atom is -0.393 e. The summed E-state index contributed by atoms with van der Waals surface area (Å²) < 4.78 is 0. The molecule has 29 heavy (non-hydrogen) atoms. The number of hydrogen-bond donors (Lipinski definition) is 1. The predicted molar refractivity (Wildman–Crippen MR) is 126 cm³/mol. The molecule has 0 radical (unpaired) electrons. The molecule has 5 atom stereocenters. The third-order valence-electron chi connectivity index (χ3n) is 9.19. The van der Waals surface area contributed by atoms with E-state index in [0.29, 0.717) is 10.8 Å². The lowest BCUT2D eigenvalue weighted by Crippen LogP contribution is -2.43. The minimum atomic E-state index is -0.181. The molecule has 0 heterocycles. The van der Waals surface area contributed by atoms with E-state index in [0.717, 1.165) is 37.0 Å². The van der Waals surface area contributed by atoms with Crippen molar-refractivity contribution in [3.05, 3.63) is 35.5 Å². The second-order valence-corrected chi connectivity index (χ2v) is 11.4. The molecule has 0 aromatic rings. The Balaban J connectivity index is 1.77. The summed E-state index contributed by atoms with van der Waals surface area (Å²) in [6, 6.07) is 0. The Bertz CT molecular complexity index is 653. The van der Waals surface area contributed by atoms with Crippen molar-refractivity contribution in [1.82, 2.24) is 0 Å². The largest absolute Gasteiger partial charge is 0.393 e. The molecule has 1 N–H and O–H groups in total. The van der Waals surface area contributed by atoms with Crippen molar-refractivity contribution in [1.29, 1.82) is 0 Å². The maximum atomic E-state index is 10.1. The van der Waals surface area contributed by atoms with Gasteiger partial charge in [0.15, 0.2) is 0 Å². The number of aliphatic hydroxyl groups excluding tert-OH is 1. The highest BCUT2D eigenvalue weighted by molar-refractivity contribution is 5.37. The molecule has 0 aromatic heterocycles. The topological polar surface area (TPSA) is 20.2 Å². The van der Waals surface area contributed by atoms with Crippen LogP contribution in [0.25, 0.3) is 0 Å². The number of hydrogen-bond acceptors (Lipinski definition) is 1. The van der Waals surface area contributed by atoms with Crippen molar-refractivity contribution in [3.8, 4) is 0 Å². The van der Waals surface area contributed by atoms with Crippen LogP contribution in [0, 0.1) is 28.6 Å².